The van der Waals surface area contributed by atoms with Gasteiger partial charge in [0, 0.05) is 25.1 Å². The Morgan fingerprint density at radius 3 is 2.94 bits per heavy atom. The van der Waals surface area contributed by atoms with Crippen molar-refractivity contribution in [3.8, 4) is 11.5 Å². The van der Waals surface area contributed by atoms with Gasteiger partial charge < -0.3 is 15.5 Å². The van der Waals surface area contributed by atoms with Crippen molar-refractivity contribution < 1.29 is 10.2 Å². The van der Waals surface area contributed by atoms with Crippen LogP contribution in [0.5, 0.6) is 11.5 Å². The number of phenolic OH excluding ortho intramolecular Hbond substituents is 2. The molecule has 0 unspecified atom stereocenters. The van der Waals surface area contributed by atoms with E-state index in [1.807, 2.05) is 0 Å². The number of H-pyrrole nitrogens is 1. The lowest BCUT2D eigenvalue weighted by atomic mass is 10.2. The number of aromatic hydroxyl groups is 2. The zero-order valence-corrected chi connectivity index (χ0v) is 9.22. The number of para-hydroxylation sites is 1. The van der Waals surface area contributed by atoms with Crippen LogP contribution in [0.2, 0.25) is 0 Å². The van der Waals surface area contributed by atoms with Crippen LogP contribution in [0, 0.1) is 0 Å². The fraction of sp³-hybridized carbons (Fsp3) is 0.273. The number of hydrogen-bond acceptors (Lipinski definition) is 5. The van der Waals surface area contributed by atoms with Crippen molar-refractivity contribution in [1.82, 2.24) is 20.5 Å². The van der Waals surface area contributed by atoms with E-state index in [1.54, 1.807) is 12.1 Å². The maximum atomic E-state index is 9.56. The van der Waals surface area contributed by atoms with E-state index in [4.69, 9.17) is 0 Å². The van der Waals surface area contributed by atoms with Gasteiger partial charge in [0.2, 0.25) is 0 Å². The quantitative estimate of drug-likeness (QED) is 0.447. The zero-order valence-electron chi connectivity index (χ0n) is 9.22. The fourth-order valence-electron chi connectivity index (χ4n) is 1.50. The number of aromatic amines is 1. The Bertz CT molecular complexity index is 470. The van der Waals surface area contributed by atoms with Crippen molar-refractivity contribution >= 4 is 0 Å². The molecular formula is C11H14N4O2. The van der Waals surface area contributed by atoms with E-state index in [9.17, 15) is 10.2 Å². The molecule has 2 aromatic rings. The van der Waals surface area contributed by atoms with Crippen LogP contribution in [0.1, 0.15) is 11.4 Å². The summed E-state index contributed by atoms with van der Waals surface area (Å²) in [5, 5.41) is 28.5. The van der Waals surface area contributed by atoms with Crippen LogP contribution in [0.4, 0.5) is 0 Å². The normalized spacial score (nSPS) is 10.6. The van der Waals surface area contributed by atoms with Crippen LogP contribution in [-0.2, 0) is 13.0 Å². The van der Waals surface area contributed by atoms with Gasteiger partial charge in [-0.3, -0.25) is 5.10 Å². The van der Waals surface area contributed by atoms with E-state index in [0.717, 1.165) is 12.2 Å². The molecule has 0 aliphatic heterocycles. The molecular weight excluding hydrogens is 220 g/mol. The fourth-order valence-corrected chi connectivity index (χ4v) is 1.50. The molecule has 0 atom stereocenters. The van der Waals surface area contributed by atoms with Crippen LogP contribution in [-0.4, -0.2) is 31.9 Å². The molecule has 2 rings (SSSR count). The molecule has 4 N–H and O–H groups in total. The van der Waals surface area contributed by atoms with Crippen LogP contribution in [0.25, 0.3) is 0 Å². The average Bonchev–Trinajstić information content (AvgIpc) is 2.83. The molecule has 6 nitrogen and oxygen atoms in total. The number of hydrogen-bond donors (Lipinski definition) is 4. The molecule has 0 saturated carbocycles. The number of phenols is 2. The number of benzene rings is 1. The SMILES string of the molecule is Oc1cccc(CNCCc2ncn[nH]2)c1O. The van der Waals surface area contributed by atoms with Crippen LogP contribution >= 0.6 is 0 Å². The van der Waals surface area contributed by atoms with E-state index in [0.29, 0.717) is 18.7 Å². The number of aromatic nitrogens is 3. The van der Waals surface area contributed by atoms with Gasteiger partial charge in [-0.15, -0.1) is 0 Å². The minimum Gasteiger partial charge on any atom is -0.504 e. The lowest BCUT2D eigenvalue weighted by Gasteiger charge is -2.07. The number of nitrogens with zero attached hydrogens (tertiary/aromatic N) is 2. The third-order valence-electron chi connectivity index (χ3n) is 2.42. The zero-order chi connectivity index (χ0) is 12.1. The third-order valence-corrected chi connectivity index (χ3v) is 2.42. The standard InChI is InChI=1S/C11H14N4O2/c16-9-3-1-2-8(11(9)17)6-12-5-4-10-13-7-14-15-10/h1-3,7,12,16-17H,4-6H2,(H,13,14,15). The maximum absolute atomic E-state index is 9.56. The smallest absolute Gasteiger partial charge is 0.161 e. The largest absolute Gasteiger partial charge is 0.504 e. The summed E-state index contributed by atoms with van der Waals surface area (Å²) in [6.07, 6.45) is 2.20. The summed E-state index contributed by atoms with van der Waals surface area (Å²) in [7, 11) is 0. The molecule has 6 heteroatoms. The molecule has 0 spiro atoms. The van der Waals surface area contributed by atoms with Crippen molar-refractivity contribution in [2.24, 2.45) is 0 Å². The minimum atomic E-state index is -0.0977. The van der Waals surface area contributed by atoms with Gasteiger partial charge in [-0.05, 0) is 6.07 Å². The van der Waals surface area contributed by atoms with Gasteiger partial charge >= 0.3 is 0 Å². The molecule has 0 saturated heterocycles. The molecule has 0 bridgehead atoms. The van der Waals surface area contributed by atoms with Gasteiger partial charge in [0.1, 0.15) is 12.2 Å². The second-order valence-electron chi connectivity index (χ2n) is 3.64. The Morgan fingerprint density at radius 1 is 1.29 bits per heavy atom. The summed E-state index contributed by atoms with van der Waals surface area (Å²) in [4.78, 5) is 4.00. The van der Waals surface area contributed by atoms with Gasteiger partial charge in [-0.1, -0.05) is 12.1 Å². The predicted molar refractivity (Wildman–Crippen MR) is 61.6 cm³/mol. The van der Waals surface area contributed by atoms with Gasteiger partial charge in [0.25, 0.3) is 0 Å². The summed E-state index contributed by atoms with van der Waals surface area (Å²) in [5.41, 5.74) is 0.669. The lowest BCUT2D eigenvalue weighted by molar-refractivity contribution is 0.398. The topological polar surface area (TPSA) is 94.1 Å². The molecule has 1 heterocycles. The summed E-state index contributed by atoms with van der Waals surface area (Å²) in [6, 6.07) is 4.91. The minimum absolute atomic E-state index is 0.0698. The van der Waals surface area contributed by atoms with Crippen LogP contribution < -0.4 is 5.32 Å². The molecule has 17 heavy (non-hydrogen) atoms. The lowest BCUT2D eigenvalue weighted by Crippen LogP contribution is -2.17. The third kappa shape index (κ3) is 2.94. The Morgan fingerprint density at radius 2 is 2.18 bits per heavy atom. The second kappa shape index (κ2) is 5.31. The second-order valence-corrected chi connectivity index (χ2v) is 3.64. The van der Waals surface area contributed by atoms with E-state index < -0.39 is 0 Å². The molecule has 0 aliphatic rings. The molecule has 0 aliphatic carbocycles. The van der Waals surface area contributed by atoms with Gasteiger partial charge in [0.05, 0.1) is 0 Å². The van der Waals surface area contributed by atoms with Crippen molar-refractivity contribution in [3.05, 3.63) is 35.9 Å². The highest BCUT2D eigenvalue weighted by molar-refractivity contribution is 5.44. The first-order chi connectivity index (χ1) is 8.27. The molecule has 0 fully saturated rings. The van der Waals surface area contributed by atoms with Crippen molar-refractivity contribution in [3.63, 3.8) is 0 Å². The maximum Gasteiger partial charge on any atom is 0.161 e. The first-order valence-corrected chi connectivity index (χ1v) is 5.32. The Kier molecular flexibility index (Phi) is 3.56. The molecule has 1 aromatic heterocycles. The molecule has 0 radical (unpaired) electrons. The van der Waals surface area contributed by atoms with E-state index in [1.165, 1.54) is 12.4 Å². The van der Waals surface area contributed by atoms with Crippen molar-refractivity contribution in [1.29, 1.82) is 0 Å². The highest BCUT2D eigenvalue weighted by Gasteiger charge is 2.04. The molecule has 90 valence electrons. The highest BCUT2D eigenvalue weighted by Crippen LogP contribution is 2.27. The van der Waals surface area contributed by atoms with Crippen molar-refractivity contribution in [2.75, 3.05) is 6.54 Å². The highest BCUT2D eigenvalue weighted by atomic mass is 16.3. The summed E-state index contributed by atoms with van der Waals surface area (Å²) in [5.74, 6) is 0.650. The van der Waals surface area contributed by atoms with E-state index >= 15 is 0 Å². The first-order valence-electron chi connectivity index (χ1n) is 5.32. The van der Waals surface area contributed by atoms with Gasteiger partial charge in [0.15, 0.2) is 11.5 Å². The Labute approximate surface area is 98.3 Å². The van der Waals surface area contributed by atoms with Crippen LogP contribution in [0.15, 0.2) is 24.5 Å². The number of rotatable bonds is 5. The van der Waals surface area contributed by atoms with Gasteiger partial charge in [-0.2, -0.15) is 5.10 Å². The monoisotopic (exact) mass is 234 g/mol. The first kappa shape index (κ1) is 11.4. The van der Waals surface area contributed by atoms with Crippen LogP contribution in [0.3, 0.4) is 0 Å². The Balaban J connectivity index is 1.80. The van der Waals surface area contributed by atoms with E-state index in [2.05, 4.69) is 20.5 Å². The van der Waals surface area contributed by atoms with Crippen molar-refractivity contribution in [2.45, 2.75) is 13.0 Å². The Hall–Kier alpha value is -2.08. The van der Waals surface area contributed by atoms with Gasteiger partial charge in [-0.25, -0.2) is 4.98 Å². The summed E-state index contributed by atoms with van der Waals surface area (Å²) >= 11 is 0. The molecule has 1 aromatic carbocycles. The summed E-state index contributed by atoms with van der Waals surface area (Å²) < 4.78 is 0. The number of nitrogens with one attached hydrogen (secondary N) is 2. The predicted octanol–water partition coefficient (Wildman–Crippen LogP) is 0.548. The molecule has 0 amide bonds. The average molecular weight is 234 g/mol. The van der Waals surface area contributed by atoms with E-state index in [-0.39, 0.29) is 11.5 Å². The summed E-state index contributed by atoms with van der Waals surface area (Å²) in [6.45, 7) is 1.21.